The molecule has 7 nitrogen and oxygen atoms in total. The van der Waals surface area contributed by atoms with E-state index in [0.29, 0.717) is 41.8 Å². The molecule has 0 spiro atoms. The van der Waals surface area contributed by atoms with E-state index in [1.807, 2.05) is 18.2 Å². The predicted octanol–water partition coefficient (Wildman–Crippen LogP) is 2.19. The Balaban J connectivity index is 1.42. The Morgan fingerprint density at radius 2 is 1.93 bits per heavy atom. The number of fused-ring (bicyclic) bond motifs is 2. The first-order valence-electron chi connectivity index (χ1n) is 9.92. The number of morpholine rings is 1. The molecule has 2 saturated heterocycles. The summed E-state index contributed by atoms with van der Waals surface area (Å²) < 4.78 is 11.0. The van der Waals surface area contributed by atoms with Gasteiger partial charge in [0, 0.05) is 24.0 Å². The molecule has 1 N–H and O–H groups in total. The van der Waals surface area contributed by atoms with Crippen molar-refractivity contribution in [1.82, 2.24) is 10.2 Å². The van der Waals surface area contributed by atoms with Crippen LogP contribution < -0.4 is 10.9 Å². The summed E-state index contributed by atoms with van der Waals surface area (Å²) in [7, 11) is 0. The van der Waals surface area contributed by atoms with Gasteiger partial charge in [0.05, 0.1) is 17.7 Å². The van der Waals surface area contributed by atoms with Gasteiger partial charge in [0.15, 0.2) is 0 Å². The molecule has 0 bridgehead atoms. The third-order valence-corrected chi connectivity index (χ3v) is 5.67. The van der Waals surface area contributed by atoms with Crippen molar-refractivity contribution in [2.45, 2.75) is 18.6 Å². The highest BCUT2D eigenvalue weighted by Gasteiger charge is 2.36. The minimum absolute atomic E-state index is 0.0553. The van der Waals surface area contributed by atoms with Gasteiger partial charge in [-0.15, -0.1) is 0 Å². The van der Waals surface area contributed by atoms with Crippen LogP contribution in [0, 0.1) is 0 Å². The third-order valence-electron chi connectivity index (χ3n) is 5.67. The first-order chi connectivity index (χ1) is 14.6. The highest BCUT2D eigenvalue weighted by atomic mass is 16.5. The average molecular weight is 404 g/mol. The standard InChI is InChI=1S/C23H20N2O5/c26-21-13-29-20-8-9-25(12-18(20)24-21)22(27)16-6-3-5-14(10-16)17-11-15-4-1-2-7-19(15)30-23(17)28/h1-7,10-11,18,20H,8-9,12-13H2,(H,24,26)/t18-,20+/m0/s1. The number of benzene rings is 2. The molecular weight excluding hydrogens is 384 g/mol. The van der Waals surface area contributed by atoms with E-state index in [4.69, 9.17) is 9.15 Å². The maximum absolute atomic E-state index is 13.1. The minimum atomic E-state index is -0.443. The number of piperidine rings is 1. The van der Waals surface area contributed by atoms with Gasteiger partial charge in [0.2, 0.25) is 5.91 Å². The lowest BCUT2D eigenvalue weighted by atomic mass is 9.98. The number of likely N-dealkylation sites (tertiary alicyclic amines) is 1. The van der Waals surface area contributed by atoms with E-state index in [2.05, 4.69) is 5.32 Å². The Labute approximate surface area is 172 Å². The Morgan fingerprint density at radius 3 is 2.83 bits per heavy atom. The van der Waals surface area contributed by atoms with Crippen molar-refractivity contribution in [3.63, 3.8) is 0 Å². The molecule has 152 valence electrons. The Hall–Kier alpha value is -3.45. The zero-order chi connectivity index (χ0) is 20.7. The number of hydrogen-bond acceptors (Lipinski definition) is 5. The van der Waals surface area contributed by atoms with Gasteiger partial charge in [0.1, 0.15) is 12.2 Å². The van der Waals surface area contributed by atoms with Crippen molar-refractivity contribution >= 4 is 22.8 Å². The summed E-state index contributed by atoms with van der Waals surface area (Å²) in [6.45, 7) is 1.03. The van der Waals surface area contributed by atoms with Crippen LogP contribution in [0.25, 0.3) is 22.1 Å². The molecule has 30 heavy (non-hydrogen) atoms. The first-order valence-corrected chi connectivity index (χ1v) is 9.92. The van der Waals surface area contributed by atoms with E-state index in [9.17, 15) is 14.4 Å². The lowest BCUT2D eigenvalue weighted by Crippen LogP contribution is -2.61. The van der Waals surface area contributed by atoms with Crippen LogP contribution in [0.15, 0.2) is 63.8 Å². The molecule has 1 aromatic heterocycles. The fourth-order valence-electron chi connectivity index (χ4n) is 4.15. The quantitative estimate of drug-likeness (QED) is 0.662. The van der Waals surface area contributed by atoms with Crippen LogP contribution in [0.5, 0.6) is 0 Å². The molecule has 0 saturated carbocycles. The summed E-state index contributed by atoms with van der Waals surface area (Å²) in [5.41, 5.74) is 1.61. The van der Waals surface area contributed by atoms with Crippen LogP contribution in [-0.2, 0) is 9.53 Å². The number of nitrogens with one attached hydrogen (secondary N) is 1. The number of para-hydroxylation sites is 1. The maximum atomic E-state index is 13.1. The van der Waals surface area contributed by atoms with Gasteiger partial charge in [-0.25, -0.2) is 4.79 Å². The number of carbonyl (C=O) groups excluding carboxylic acids is 2. The lowest BCUT2D eigenvalue weighted by Gasteiger charge is -2.41. The molecule has 2 aromatic carbocycles. The van der Waals surface area contributed by atoms with Crippen LogP contribution in [0.2, 0.25) is 0 Å². The summed E-state index contributed by atoms with van der Waals surface area (Å²) in [5.74, 6) is -0.295. The zero-order valence-corrected chi connectivity index (χ0v) is 16.2. The van der Waals surface area contributed by atoms with E-state index in [1.165, 1.54) is 0 Å². The SMILES string of the molecule is O=C1CO[C@@H]2CCN(C(=O)c3cccc(-c4cc5ccccc5oc4=O)c3)C[C@@H]2N1. The number of nitrogens with zero attached hydrogens (tertiary/aromatic N) is 1. The molecule has 5 rings (SSSR count). The van der Waals surface area contributed by atoms with Gasteiger partial charge in [0.25, 0.3) is 5.91 Å². The fraction of sp³-hybridized carbons (Fsp3) is 0.261. The summed E-state index contributed by atoms with van der Waals surface area (Å²) in [6, 6.07) is 15.9. The van der Waals surface area contributed by atoms with E-state index < -0.39 is 5.63 Å². The van der Waals surface area contributed by atoms with Crippen molar-refractivity contribution in [1.29, 1.82) is 0 Å². The van der Waals surface area contributed by atoms with E-state index in [0.717, 1.165) is 5.39 Å². The molecule has 2 fully saturated rings. The van der Waals surface area contributed by atoms with E-state index >= 15 is 0 Å². The number of ether oxygens (including phenoxy) is 1. The second kappa shape index (κ2) is 7.42. The first kappa shape index (κ1) is 18.6. The highest BCUT2D eigenvalue weighted by Crippen LogP contribution is 2.24. The van der Waals surface area contributed by atoms with Crippen LogP contribution >= 0.6 is 0 Å². The van der Waals surface area contributed by atoms with Crippen LogP contribution in [-0.4, -0.2) is 48.6 Å². The number of amides is 2. The molecule has 2 aliphatic heterocycles. The molecule has 2 aliphatic rings. The molecule has 2 amide bonds. The highest BCUT2D eigenvalue weighted by molar-refractivity contribution is 5.96. The molecule has 0 radical (unpaired) electrons. The Bertz CT molecular complexity index is 1200. The predicted molar refractivity (Wildman–Crippen MR) is 110 cm³/mol. The third kappa shape index (κ3) is 3.37. The summed E-state index contributed by atoms with van der Waals surface area (Å²) in [4.78, 5) is 38.9. The van der Waals surface area contributed by atoms with Crippen molar-refractivity contribution < 1.29 is 18.7 Å². The smallest absolute Gasteiger partial charge is 0.344 e. The molecule has 0 unspecified atom stereocenters. The molecular formula is C23H20N2O5. The van der Waals surface area contributed by atoms with Gasteiger partial charge >= 0.3 is 5.63 Å². The lowest BCUT2D eigenvalue weighted by molar-refractivity contribution is -0.139. The molecule has 3 aromatic rings. The second-order valence-electron chi connectivity index (χ2n) is 7.63. The van der Waals surface area contributed by atoms with Crippen molar-refractivity contribution in [2.24, 2.45) is 0 Å². The number of rotatable bonds is 2. The summed E-state index contributed by atoms with van der Waals surface area (Å²) in [6.07, 6.45) is 0.616. The largest absolute Gasteiger partial charge is 0.422 e. The maximum Gasteiger partial charge on any atom is 0.344 e. The molecule has 0 aliphatic carbocycles. The van der Waals surface area contributed by atoms with Crippen LogP contribution in [0.4, 0.5) is 0 Å². The van der Waals surface area contributed by atoms with Crippen molar-refractivity contribution in [2.75, 3.05) is 19.7 Å². The normalized spacial score (nSPS) is 21.2. The molecule has 2 atom stereocenters. The van der Waals surface area contributed by atoms with Gasteiger partial charge < -0.3 is 19.4 Å². The zero-order valence-electron chi connectivity index (χ0n) is 16.2. The number of hydrogen-bond donors (Lipinski definition) is 1. The van der Waals surface area contributed by atoms with E-state index in [-0.39, 0.29) is 30.6 Å². The van der Waals surface area contributed by atoms with Gasteiger partial charge in [-0.3, -0.25) is 9.59 Å². The fourth-order valence-corrected chi connectivity index (χ4v) is 4.15. The summed E-state index contributed by atoms with van der Waals surface area (Å²) >= 11 is 0. The van der Waals surface area contributed by atoms with Crippen molar-refractivity contribution in [3.8, 4) is 11.1 Å². The van der Waals surface area contributed by atoms with E-state index in [1.54, 1.807) is 41.3 Å². The summed E-state index contributed by atoms with van der Waals surface area (Å²) in [5, 5.41) is 3.72. The Morgan fingerprint density at radius 1 is 1.07 bits per heavy atom. The number of carbonyl (C=O) groups is 2. The average Bonchev–Trinajstić information content (AvgIpc) is 2.77. The van der Waals surface area contributed by atoms with Crippen LogP contribution in [0.3, 0.4) is 0 Å². The molecule has 3 heterocycles. The van der Waals surface area contributed by atoms with Crippen LogP contribution in [0.1, 0.15) is 16.8 Å². The van der Waals surface area contributed by atoms with Gasteiger partial charge in [-0.05, 0) is 36.2 Å². The second-order valence-corrected chi connectivity index (χ2v) is 7.63. The molecule has 7 heteroatoms. The monoisotopic (exact) mass is 404 g/mol. The van der Waals surface area contributed by atoms with Crippen molar-refractivity contribution in [3.05, 3.63) is 70.6 Å². The Kier molecular flexibility index (Phi) is 4.59. The topological polar surface area (TPSA) is 88.8 Å². The van der Waals surface area contributed by atoms with Gasteiger partial charge in [-0.2, -0.15) is 0 Å². The minimum Gasteiger partial charge on any atom is -0.422 e. The van der Waals surface area contributed by atoms with Gasteiger partial charge in [-0.1, -0.05) is 30.3 Å².